The van der Waals surface area contributed by atoms with Crippen LogP contribution >= 0.6 is 0 Å². The number of carboxylic acid groups (broad SMARTS) is 1. The molecule has 0 saturated carbocycles. The van der Waals surface area contributed by atoms with Crippen molar-refractivity contribution in [2.24, 2.45) is 0 Å². The number of rotatable bonds is 5. The zero-order valence-electron chi connectivity index (χ0n) is 15.0. The number of carboxylic acids is 1. The van der Waals surface area contributed by atoms with Crippen molar-refractivity contribution in [3.05, 3.63) is 58.5 Å². The molecule has 1 N–H and O–H groups in total. The average Bonchev–Trinajstić information content (AvgIpc) is 3.00. The summed E-state index contributed by atoms with van der Waals surface area (Å²) in [7, 11) is 0. The molecule has 0 spiro atoms. The third kappa shape index (κ3) is 3.80. The maximum atomic E-state index is 13.0. The van der Waals surface area contributed by atoms with Crippen LogP contribution in [0.1, 0.15) is 45.8 Å². The number of morpholine rings is 1. The van der Waals surface area contributed by atoms with Crippen molar-refractivity contribution in [2.45, 2.75) is 32.8 Å². The number of nitrogens with zero attached hydrogens (tertiary/aromatic N) is 1. The van der Waals surface area contributed by atoms with Crippen LogP contribution in [0.15, 0.2) is 34.9 Å². The Bertz CT molecular complexity index is 793. The van der Waals surface area contributed by atoms with Crippen molar-refractivity contribution >= 4 is 11.9 Å². The second kappa shape index (κ2) is 7.74. The molecule has 3 rings (SSSR count). The highest BCUT2D eigenvalue weighted by atomic mass is 16.5. The fourth-order valence-electron chi connectivity index (χ4n) is 3.21. The first-order valence-corrected chi connectivity index (χ1v) is 8.78. The van der Waals surface area contributed by atoms with Gasteiger partial charge in [-0.15, -0.1) is 0 Å². The van der Waals surface area contributed by atoms with E-state index in [9.17, 15) is 9.59 Å². The first-order valence-electron chi connectivity index (χ1n) is 8.78. The molecule has 0 bridgehead atoms. The van der Waals surface area contributed by atoms with Gasteiger partial charge in [-0.3, -0.25) is 9.59 Å². The van der Waals surface area contributed by atoms with Crippen LogP contribution in [0.5, 0.6) is 0 Å². The lowest BCUT2D eigenvalue weighted by Gasteiger charge is -2.33. The number of aliphatic carboxylic acids is 1. The van der Waals surface area contributed by atoms with Crippen molar-refractivity contribution in [3.8, 4) is 0 Å². The Morgan fingerprint density at radius 2 is 2.00 bits per heavy atom. The maximum Gasteiger partial charge on any atom is 0.311 e. The van der Waals surface area contributed by atoms with Crippen molar-refractivity contribution in [3.63, 3.8) is 0 Å². The lowest BCUT2D eigenvalue weighted by atomic mass is 10.0. The summed E-state index contributed by atoms with van der Waals surface area (Å²) in [6.07, 6.45) is 1.92. The Balaban J connectivity index is 1.78. The Labute approximate surface area is 152 Å². The van der Waals surface area contributed by atoms with Crippen LogP contribution in [0, 0.1) is 6.92 Å². The number of hydrogen-bond donors (Lipinski definition) is 1. The molecule has 1 aromatic carbocycles. The van der Waals surface area contributed by atoms with Gasteiger partial charge >= 0.3 is 5.97 Å². The Morgan fingerprint density at radius 1 is 1.27 bits per heavy atom. The summed E-state index contributed by atoms with van der Waals surface area (Å²) in [4.78, 5) is 25.7. The van der Waals surface area contributed by atoms with Crippen LogP contribution in [-0.2, 0) is 22.4 Å². The number of ether oxygens (including phenoxy) is 1. The van der Waals surface area contributed by atoms with Gasteiger partial charge in [0.1, 0.15) is 18.3 Å². The van der Waals surface area contributed by atoms with E-state index in [1.807, 2.05) is 12.1 Å². The zero-order chi connectivity index (χ0) is 18.7. The molecule has 1 aliphatic heterocycles. The van der Waals surface area contributed by atoms with E-state index in [0.717, 1.165) is 12.0 Å². The smallest absolute Gasteiger partial charge is 0.311 e. The van der Waals surface area contributed by atoms with Gasteiger partial charge in [-0.1, -0.05) is 31.2 Å². The van der Waals surface area contributed by atoms with E-state index in [-0.39, 0.29) is 24.2 Å². The highest BCUT2D eigenvalue weighted by Crippen LogP contribution is 2.26. The number of aryl methyl sites for hydroxylation is 2. The standard InChI is InChI=1S/C20H23NO5/c1-3-14-4-6-15(7-5-14)17-11-21(8-9-25-17)20(24)19-13(2)12-26-16(19)10-18(22)23/h4-7,12,17H,3,8-11H2,1-2H3,(H,22,23). The molecule has 138 valence electrons. The van der Waals surface area contributed by atoms with Crippen LogP contribution in [0.4, 0.5) is 0 Å². The summed E-state index contributed by atoms with van der Waals surface area (Å²) in [5, 5.41) is 9.02. The lowest BCUT2D eigenvalue weighted by molar-refractivity contribution is -0.136. The topological polar surface area (TPSA) is 80.0 Å². The molecular formula is C20H23NO5. The van der Waals surface area contributed by atoms with Crippen molar-refractivity contribution < 1.29 is 23.8 Å². The number of furan rings is 1. The molecule has 6 heteroatoms. The van der Waals surface area contributed by atoms with Crippen LogP contribution in [-0.4, -0.2) is 41.6 Å². The van der Waals surface area contributed by atoms with Gasteiger partial charge in [0.15, 0.2) is 0 Å². The zero-order valence-corrected chi connectivity index (χ0v) is 15.0. The third-order valence-corrected chi connectivity index (χ3v) is 4.69. The maximum absolute atomic E-state index is 13.0. The van der Waals surface area contributed by atoms with Crippen LogP contribution in [0.3, 0.4) is 0 Å². The van der Waals surface area contributed by atoms with Gasteiger partial charge in [0, 0.05) is 12.1 Å². The minimum Gasteiger partial charge on any atom is -0.481 e. The summed E-state index contributed by atoms with van der Waals surface area (Å²) in [5.74, 6) is -1.02. The fraction of sp³-hybridized carbons (Fsp3) is 0.400. The number of benzene rings is 1. The molecule has 1 aliphatic rings. The van der Waals surface area contributed by atoms with Crippen molar-refractivity contribution in [1.82, 2.24) is 4.90 Å². The molecule has 0 radical (unpaired) electrons. The molecule has 1 unspecified atom stereocenters. The summed E-state index contributed by atoms with van der Waals surface area (Å²) in [6.45, 7) is 5.20. The van der Waals surface area contributed by atoms with E-state index < -0.39 is 5.97 Å². The quantitative estimate of drug-likeness (QED) is 0.890. The van der Waals surface area contributed by atoms with Crippen LogP contribution in [0.25, 0.3) is 0 Å². The van der Waals surface area contributed by atoms with E-state index in [2.05, 4.69) is 19.1 Å². The normalized spacial score (nSPS) is 17.3. The minimum absolute atomic E-state index is 0.186. The first-order chi connectivity index (χ1) is 12.5. The number of carbonyl (C=O) groups excluding carboxylic acids is 1. The SMILES string of the molecule is CCc1ccc(C2CN(C(=O)c3c(C)coc3CC(=O)O)CCO2)cc1. The summed E-state index contributed by atoms with van der Waals surface area (Å²) in [5.41, 5.74) is 3.30. The van der Waals surface area contributed by atoms with Crippen LogP contribution in [0.2, 0.25) is 0 Å². The van der Waals surface area contributed by atoms with Gasteiger partial charge in [-0.2, -0.15) is 0 Å². The summed E-state index contributed by atoms with van der Waals surface area (Å²) >= 11 is 0. The highest BCUT2D eigenvalue weighted by Gasteiger charge is 2.30. The van der Waals surface area contributed by atoms with Crippen LogP contribution < -0.4 is 0 Å². The average molecular weight is 357 g/mol. The minimum atomic E-state index is -1.02. The molecule has 1 fully saturated rings. The lowest BCUT2D eigenvalue weighted by Crippen LogP contribution is -2.42. The van der Waals surface area contributed by atoms with E-state index in [0.29, 0.717) is 30.8 Å². The summed E-state index contributed by atoms with van der Waals surface area (Å²) < 4.78 is 11.1. The van der Waals surface area contributed by atoms with E-state index in [1.165, 1.54) is 11.8 Å². The first kappa shape index (κ1) is 18.2. The van der Waals surface area contributed by atoms with Crippen molar-refractivity contribution in [1.29, 1.82) is 0 Å². The second-order valence-electron chi connectivity index (χ2n) is 6.49. The van der Waals surface area contributed by atoms with Gasteiger partial charge in [-0.05, 0) is 24.5 Å². The largest absolute Gasteiger partial charge is 0.481 e. The monoisotopic (exact) mass is 357 g/mol. The molecule has 26 heavy (non-hydrogen) atoms. The van der Waals surface area contributed by atoms with E-state index >= 15 is 0 Å². The molecule has 1 amide bonds. The molecule has 1 saturated heterocycles. The van der Waals surface area contributed by atoms with Crippen molar-refractivity contribution in [2.75, 3.05) is 19.7 Å². The van der Waals surface area contributed by atoms with E-state index in [4.69, 9.17) is 14.3 Å². The molecule has 1 atom stereocenters. The Hall–Kier alpha value is -2.60. The predicted molar refractivity (Wildman–Crippen MR) is 95.2 cm³/mol. The Morgan fingerprint density at radius 3 is 2.65 bits per heavy atom. The molecular weight excluding hydrogens is 334 g/mol. The summed E-state index contributed by atoms with van der Waals surface area (Å²) in [6, 6.07) is 8.22. The third-order valence-electron chi connectivity index (χ3n) is 4.69. The molecule has 1 aromatic heterocycles. The predicted octanol–water partition coefficient (Wildman–Crippen LogP) is 2.99. The molecule has 2 aromatic rings. The second-order valence-corrected chi connectivity index (χ2v) is 6.49. The Kier molecular flexibility index (Phi) is 5.42. The number of amides is 1. The van der Waals surface area contributed by atoms with Gasteiger partial charge in [0.2, 0.25) is 0 Å². The van der Waals surface area contributed by atoms with Gasteiger partial charge < -0.3 is 19.2 Å². The van der Waals surface area contributed by atoms with E-state index in [1.54, 1.807) is 11.8 Å². The number of carbonyl (C=O) groups is 2. The van der Waals surface area contributed by atoms with Gasteiger partial charge in [-0.25, -0.2) is 0 Å². The molecule has 6 nitrogen and oxygen atoms in total. The number of hydrogen-bond acceptors (Lipinski definition) is 4. The molecule has 2 heterocycles. The van der Waals surface area contributed by atoms with Gasteiger partial charge in [0.25, 0.3) is 5.91 Å². The fourth-order valence-corrected chi connectivity index (χ4v) is 3.21. The van der Waals surface area contributed by atoms with Gasteiger partial charge in [0.05, 0.1) is 25.0 Å². The highest BCUT2D eigenvalue weighted by molar-refractivity contribution is 5.97. The molecule has 0 aliphatic carbocycles.